The third kappa shape index (κ3) is 3.53. The number of nitrogens with one attached hydrogen (secondary N) is 1. The van der Waals surface area contributed by atoms with E-state index in [9.17, 15) is 9.59 Å². The van der Waals surface area contributed by atoms with Gasteiger partial charge in [-0.3, -0.25) is 14.6 Å². The molecule has 3 heterocycles. The number of aromatic nitrogens is 3. The third-order valence-electron chi connectivity index (χ3n) is 3.81. The lowest BCUT2D eigenvalue weighted by Gasteiger charge is -2.17. The van der Waals surface area contributed by atoms with E-state index in [1.165, 1.54) is 18.3 Å². The summed E-state index contributed by atoms with van der Waals surface area (Å²) in [6.45, 7) is 1.08. The van der Waals surface area contributed by atoms with Crippen LogP contribution in [0.5, 0.6) is 5.88 Å². The molecular weight excluding hydrogens is 310 g/mol. The van der Waals surface area contributed by atoms with Crippen LogP contribution in [0, 0.1) is 0 Å². The van der Waals surface area contributed by atoms with Crippen molar-refractivity contribution in [3.05, 3.63) is 46.6 Å². The molecule has 1 N–H and O–H groups in total. The topological polar surface area (TPSA) is 91.4 Å². The van der Waals surface area contributed by atoms with Crippen molar-refractivity contribution in [1.29, 1.82) is 0 Å². The fraction of sp³-hybridized carbons (Fsp3) is 0.375. The molecule has 1 amide bonds. The van der Waals surface area contributed by atoms with Gasteiger partial charge in [-0.2, -0.15) is 4.98 Å². The normalized spacial score (nSPS) is 16.9. The van der Waals surface area contributed by atoms with Crippen LogP contribution < -0.4 is 15.2 Å². The second-order valence-corrected chi connectivity index (χ2v) is 5.83. The molecule has 0 radical (unpaired) electrons. The van der Waals surface area contributed by atoms with Gasteiger partial charge in [0.1, 0.15) is 6.10 Å². The second kappa shape index (κ2) is 6.69. The molecule has 2 aromatic heterocycles. The summed E-state index contributed by atoms with van der Waals surface area (Å²) in [5.41, 5.74) is 0.234. The molecule has 0 unspecified atom stereocenters. The highest BCUT2D eigenvalue weighted by atomic mass is 16.5. The van der Waals surface area contributed by atoms with Crippen molar-refractivity contribution in [1.82, 2.24) is 19.9 Å². The maximum Gasteiger partial charge on any atom is 0.255 e. The molecule has 0 aliphatic carbocycles. The average molecular weight is 329 g/mol. The maximum atomic E-state index is 12.4. The van der Waals surface area contributed by atoms with Gasteiger partial charge in [-0.25, -0.2) is 0 Å². The number of likely N-dealkylation sites (tertiary alicyclic amines) is 1. The molecule has 126 valence electrons. The number of rotatable bonds is 4. The van der Waals surface area contributed by atoms with Crippen LogP contribution >= 0.6 is 0 Å². The van der Waals surface area contributed by atoms with Gasteiger partial charge < -0.3 is 19.5 Å². The summed E-state index contributed by atoms with van der Waals surface area (Å²) in [4.78, 5) is 38.1. The van der Waals surface area contributed by atoms with Crippen molar-refractivity contribution in [2.45, 2.75) is 12.5 Å². The molecule has 2 aromatic rings. The van der Waals surface area contributed by atoms with Gasteiger partial charge in [-0.05, 0) is 6.07 Å². The first-order valence-corrected chi connectivity index (χ1v) is 7.67. The van der Waals surface area contributed by atoms with Crippen molar-refractivity contribution in [2.24, 2.45) is 0 Å². The molecule has 1 aliphatic heterocycles. The molecule has 0 aromatic carbocycles. The number of hydrogen-bond donors (Lipinski definition) is 1. The standard InChI is InChI=1S/C16H19N5O3/c1-20(2)13-8-17-9-15(19-13)24-12-5-6-21(10-12)16(23)11-3-4-14(22)18-7-11/h3-4,7-9,12H,5-6,10H2,1-2H3,(H,18,22)/t12-/m0/s1. The van der Waals surface area contributed by atoms with E-state index in [1.54, 1.807) is 17.3 Å². The third-order valence-corrected chi connectivity index (χ3v) is 3.81. The van der Waals surface area contributed by atoms with E-state index in [4.69, 9.17) is 4.74 Å². The zero-order valence-corrected chi connectivity index (χ0v) is 13.6. The van der Waals surface area contributed by atoms with E-state index in [0.717, 1.165) is 6.42 Å². The number of carbonyl (C=O) groups excluding carboxylic acids is 1. The fourth-order valence-corrected chi connectivity index (χ4v) is 2.52. The number of aromatic amines is 1. The van der Waals surface area contributed by atoms with Gasteiger partial charge in [-0.15, -0.1) is 0 Å². The maximum absolute atomic E-state index is 12.4. The highest BCUT2D eigenvalue weighted by molar-refractivity contribution is 5.94. The van der Waals surface area contributed by atoms with Crippen LogP contribution in [-0.4, -0.2) is 59.0 Å². The van der Waals surface area contributed by atoms with Crippen molar-refractivity contribution in [3.8, 4) is 5.88 Å². The predicted octanol–water partition coefficient (Wildman–Crippen LogP) is 0.524. The van der Waals surface area contributed by atoms with Gasteiger partial charge >= 0.3 is 0 Å². The Balaban J connectivity index is 1.63. The van der Waals surface area contributed by atoms with E-state index >= 15 is 0 Å². The number of pyridine rings is 1. The number of H-pyrrole nitrogens is 1. The number of nitrogens with zero attached hydrogens (tertiary/aromatic N) is 4. The molecule has 0 spiro atoms. The van der Waals surface area contributed by atoms with Crippen LogP contribution in [0.3, 0.4) is 0 Å². The van der Waals surface area contributed by atoms with E-state index in [0.29, 0.717) is 30.4 Å². The summed E-state index contributed by atoms with van der Waals surface area (Å²) in [6.07, 6.45) is 5.27. The highest BCUT2D eigenvalue weighted by Gasteiger charge is 2.28. The minimum Gasteiger partial charge on any atom is -0.471 e. The summed E-state index contributed by atoms with van der Waals surface area (Å²) in [5, 5.41) is 0. The van der Waals surface area contributed by atoms with Crippen LogP contribution in [-0.2, 0) is 0 Å². The zero-order chi connectivity index (χ0) is 17.1. The zero-order valence-electron chi connectivity index (χ0n) is 13.6. The van der Waals surface area contributed by atoms with Gasteiger partial charge in [-0.1, -0.05) is 0 Å². The lowest BCUT2D eigenvalue weighted by molar-refractivity contribution is 0.0770. The average Bonchev–Trinajstić information content (AvgIpc) is 3.03. The summed E-state index contributed by atoms with van der Waals surface area (Å²) in [5.74, 6) is 1.04. The van der Waals surface area contributed by atoms with E-state index in [2.05, 4.69) is 15.0 Å². The Morgan fingerprint density at radius 1 is 1.38 bits per heavy atom. The number of amides is 1. The number of carbonyl (C=O) groups is 1. The smallest absolute Gasteiger partial charge is 0.255 e. The van der Waals surface area contributed by atoms with E-state index in [1.807, 2.05) is 19.0 Å². The van der Waals surface area contributed by atoms with Crippen LogP contribution in [0.2, 0.25) is 0 Å². The van der Waals surface area contributed by atoms with Gasteiger partial charge in [0.05, 0.1) is 24.5 Å². The lowest BCUT2D eigenvalue weighted by atomic mass is 10.2. The first-order valence-electron chi connectivity index (χ1n) is 7.67. The first kappa shape index (κ1) is 16.0. The SMILES string of the molecule is CN(C)c1cncc(O[C@H]2CCN(C(=O)c3ccc(=O)[nH]c3)C2)n1. The summed E-state index contributed by atoms with van der Waals surface area (Å²) >= 11 is 0. The molecule has 3 rings (SSSR count). The van der Waals surface area contributed by atoms with E-state index in [-0.39, 0.29) is 17.6 Å². The molecular formula is C16H19N5O3. The Morgan fingerprint density at radius 2 is 2.21 bits per heavy atom. The number of ether oxygens (including phenoxy) is 1. The van der Waals surface area contributed by atoms with Crippen molar-refractivity contribution in [2.75, 3.05) is 32.1 Å². The van der Waals surface area contributed by atoms with Gasteiger partial charge in [0, 0.05) is 39.3 Å². The fourth-order valence-electron chi connectivity index (χ4n) is 2.52. The predicted molar refractivity (Wildman–Crippen MR) is 88.4 cm³/mol. The van der Waals surface area contributed by atoms with E-state index < -0.39 is 0 Å². The van der Waals surface area contributed by atoms with Crippen LogP contribution in [0.1, 0.15) is 16.8 Å². The van der Waals surface area contributed by atoms with Crippen molar-refractivity contribution >= 4 is 11.7 Å². The summed E-state index contributed by atoms with van der Waals surface area (Å²) in [7, 11) is 3.77. The molecule has 1 saturated heterocycles. The molecule has 0 bridgehead atoms. The first-order chi connectivity index (χ1) is 11.5. The van der Waals surface area contributed by atoms with Crippen molar-refractivity contribution in [3.63, 3.8) is 0 Å². The van der Waals surface area contributed by atoms with Gasteiger partial charge in [0.2, 0.25) is 11.4 Å². The Bertz CT molecular complexity index is 769. The minimum atomic E-state index is -0.228. The Morgan fingerprint density at radius 3 is 2.92 bits per heavy atom. The van der Waals surface area contributed by atoms with Crippen LogP contribution in [0.4, 0.5) is 5.82 Å². The second-order valence-electron chi connectivity index (χ2n) is 5.83. The molecule has 1 atom stereocenters. The molecule has 1 fully saturated rings. The summed E-state index contributed by atoms with van der Waals surface area (Å²) in [6, 6.07) is 2.88. The van der Waals surface area contributed by atoms with Gasteiger partial charge in [0.25, 0.3) is 5.91 Å². The molecule has 0 saturated carbocycles. The lowest BCUT2D eigenvalue weighted by Crippen LogP contribution is -2.31. The minimum absolute atomic E-state index is 0.120. The molecule has 24 heavy (non-hydrogen) atoms. The largest absolute Gasteiger partial charge is 0.471 e. The quantitative estimate of drug-likeness (QED) is 0.879. The van der Waals surface area contributed by atoms with Crippen LogP contribution in [0.15, 0.2) is 35.5 Å². The highest BCUT2D eigenvalue weighted by Crippen LogP contribution is 2.19. The van der Waals surface area contributed by atoms with Gasteiger partial charge in [0.15, 0.2) is 5.82 Å². The molecule has 8 nitrogen and oxygen atoms in total. The Hall–Kier alpha value is -2.90. The Kier molecular flexibility index (Phi) is 4.45. The van der Waals surface area contributed by atoms with Crippen LogP contribution in [0.25, 0.3) is 0 Å². The van der Waals surface area contributed by atoms with Crippen molar-refractivity contribution < 1.29 is 9.53 Å². The monoisotopic (exact) mass is 329 g/mol. The number of anilines is 1. The molecule has 1 aliphatic rings. The Labute approximate surface area is 139 Å². The molecule has 8 heteroatoms. The number of hydrogen-bond acceptors (Lipinski definition) is 6. The summed E-state index contributed by atoms with van der Waals surface area (Å²) < 4.78 is 5.85.